The smallest absolute Gasteiger partial charge is 0.337 e. The van der Waals surface area contributed by atoms with Gasteiger partial charge in [-0.05, 0) is 42.0 Å². The largest absolute Gasteiger partial charge is 0.484 e. The zero-order valence-electron chi connectivity index (χ0n) is 17.1. The SMILES string of the molecule is COC(=O)c1ccc(OCC(=O)NC[C@H]2CN(Cc3ccc(Cl)c(Cl)c3)CCO2)cc1. The second-order valence-corrected chi connectivity index (χ2v) is 7.90. The fourth-order valence-electron chi connectivity index (χ4n) is 3.18. The minimum atomic E-state index is -0.426. The third-order valence-electron chi connectivity index (χ3n) is 4.79. The van der Waals surface area contributed by atoms with Crippen LogP contribution in [0.15, 0.2) is 42.5 Å². The van der Waals surface area contributed by atoms with Gasteiger partial charge in [-0.1, -0.05) is 29.3 Å². The second kappa shape index (κ2) is 11.3. The normalized spacial score (nSPS) is 16.5. The van der Waals surface area contributed by atoms with Crippen molar-refractivity contribution in [2.75, 3.05) is 40.0 Å². The molecule has 31 heavy (non-hydrogen) atoms. The molecule has 1 heterocycles. The molecule has 2 aromatic carbocycles. The summed E-state index contributed by atoms with van der Waals surface area (Å²) in [5, 5.41) is 3.91. The van der Waals surface area contributed by atoms with Crippen molar-refractivity contribution >= 4 is 35.1 Å². The maximum atomic E-state index is 12.1. The van der Waals surface area contributed by atoms with E-state index in [0.717, 1.165) is 18.7 Å². The first-order chi connectivity index (χ1) is 14.9. The van der Waals surface area contributed by atoms with Gasteiger partial charge < -0.3 is 19.5 Å². The molecule has 1 saturated heterocycles. The average Bonchev–Trinajstić information content (AvgIpc) is 2.79. The standard InChI is InChI=1S/C22H24Cl2N2O5/c1-29-22(28)16-3-5-17(6-4-16)31-14-21(27)25-11-18-13-26(8-9-30-18)12-15-2-7-19(23)20(24)10-15/h2-7,10,18H,8-9,11-14H2,1H3,(H,25,27)/t18-/m0/s1. The van der Waals surface area contributed by atoms with Crippen LogP contribution < -0.4 is 10.1 Å². The predicted molar refractivity (Wildman–Crippen MR) is 118 cm³/mol. The number of carbonyl (C=O) groups is 2. The highest BCUT2D eigenvalue weighted by atomic mass is 35.5. The van der Waals surface area contributed by atoms with Gasteiger partial charge >= 0.3 is 5.97 Å². The van der Waals surface area contributed by atoms with Crippen molar-refractivity contribution in [3.05, 3.63) is 63.6 Å². The van der Waals surface area contributed by atoms with Gasteiger partial charge in [0.1, 0.15) is 5.75 Å². The number of rotatable bonds is 8. The molecule has 0 unspecified atom stereocenters. The number of nitrogens with one attached hydrogen (secondary N) is 1. The highest BCUT2D eigenvalue weighted by molar-refractivity contribution is 6.42. The molecule has 0 aromatic heterocycles. The van der Waals surface area contributed by atoms with Gasteiger partial charge in [-0.25, -0.2) is 4.79 Å². The lowest BCUT2D eigenvalue weighted by Crippen LogP contribution is -2.47. The Hall–Kier alpha value is -2.32. The molecule has 1 aliphatic rings. The zero-order chi connectivity index (χ0) is 22.2. The predicted octanol–water partition coefficient (Wildman–Crippen LogP) is 3.18. The van der Waals surface area contributed by atoms with Gasteiger partial charge in [0.25, 0.3) is 5.91 Å². The monoisotopic (exact) mass is 466 g/mol. The van der Waals surface area contributed by atoms with Crippen LogP contribution in [0.1, 0.15) is 15.9 Å². The second-order valence-electron chi connectivity index (χ2n) is 7.09. The van der Waals surface area contributed by atoms with Crippen molar-refractivity contribution in [1.29, 1.82) is 0 Å². The molecule has 1 fully saturated rings. The third-order valence-corrected chi connectivity index (χ3v) is 5.52. The Balaban J connectivity index is 1.40. The number of hydrogen-bond donors (Lipinski definition) is 1. The fraction of sp³-hybridized carbons (Fsp3) is 0.364. The van der Waals surface area contributed by atoms with E-state index in [0.29, 0.717) is 41.1 Å². The van der Waals surface area contributed by atoms with Crippen LogP contribution in [0.3, 0.4) is 0 Å². The highest BCUT2D eigenvalue weighted by Gasteiger charge is 2.21. The quantitative estimate of drug-likeness (QED) is 0.602. The van der Waals surface area contributed by atoms with Crippen LogP contribution in [0.25, 0.3) is 0 Å². The molecule has 166 valence electrons. The molecule has 0 spiro atoms. The summed E-state index contributed by atoms with van der Waals surface area (Å²) in [7, 11) is 1.32. The number of nitrogens with zero attached hydrogens (tertiary/aromatic N) is 1. The Morgan fingerprint density at radius 2 is 1.94 bits per heavy atom. The summed E-state index contributed by atoms with van der Waals surface area (Å²) in [5.74, 6) is -0.184. The molecule has 0 aliphatic carbocycles. The van der Waals surface area contributed by atoms with Gasteiger partial charge in [0.05, 0.1) is 35.4 Å². The molecule has 0 bridgehead atoms. The van der Waals surface area contributed by atoms with Crippen LogP contribution in [0.2, 0.25) is 10.0 Å². The number of amides is 1. The Morgan fingerprint density at radius 1 is 1.16 bits per heavy atom. The Labute approximate surface area is 191 Å². The lowest BCUT2D eigenvalue weighted by atomic mass is 10.2. The van der Waals surface area contributed by atoms with Crippen LogP contribution in [-0.2, 0) is 20.8 Å². The van der Waals surface area contributed by atoms with Gasteiger partial charge in [0.15, 0.2) is 6.61 Å². The van der Waals surface area contributed by atoms with Crippen molar-refractivity contribution in [2.24, 2.45) is 0 Å². The molecule has 2 aromatic rings. The number of morpholine rings is 1. The van der Waals surface area contributed by atoms with Crippen LogP contribution in [0.5, 0.6) is 5.75 Å². The minimum Gasteiger partial charge on any atom is -0.484 e. The molecule has 1 N–H and O–H groups in total. The third kappa shape index (κ3) is 7.11. The van der Waals surface area contributed by atoms with Crippen molar-refractivity contribution in [2.45, 2.75) is 12.6 Å². The molecule has 1 amide bonds. The number of hydrogen-bond acceptors (Lipinski definition) is 6. The van der Waals surface area contributed by atoms with Crippen LogP contribution >= 0.6 is 23.2 Å². The average molecular weight is 467 g/mol. The first kappa shape index (κ1) is 23.3. The molecular weight excluding hydrogens is 443 g/mol. The number of carbonyl (C=O) groups excluding carboxylic acids is 2. The number of ether oxygens (including phenoxy) is 3. The lowest BCUT2D eigenvalue weighted by molar-refractivity contribution is -0.124. The summed E-state index contributed by atoms with van der Waals surface area (Å²) in [4.78, 5) is 25.8. The number of methoxy groups -OCH3 is 1. The molecule has 0 radical (unpaired) electrons. The van der Waals surface area contributed by atoms with E-state index in [4.69, 9.17) is 32.7 Å². The van der Waals surface area contributed by atoms with Crippen LogP contribution in [0, 0.1) is 0 Å². The van der Waals surface area contributed by atoms with E-state index < -0.39 is 5.97 Å². The van der Waals surface area contributed by atoms with Gasteiger partial charge in [0.2, 0.25) is 0 Å². The summed E-state index contributed by atoms with van der Waals surface area (Å²) >= 11 is 12.1. The van der Waals surface area contributed by atoms with Gasteiger partial charge in [-0.2, -0.15) is 0 Å². The maximum absolute atomic E-state index is 12.1. The number of benzene rings is 2. The van der Waals surface area contributed by atoms with E-state index >= 15 is 0 Å². The van der Waals surface area contributed by atoms with Crippen LogP contribution in [-0.4, -0.2) is 62.8 Å². The van der Waals surface area contributed by atoms with E-state index in [-0.39, 0.29) is 18.6 Å². The molecular formula is C22H24Cl2N2O5. The molecule has 9 heteroatoms. The van der Waals surface area contributed by atoms with Crippen molar-refractivity contribution in [1.82, 2.24) is 10.2 Å². The number of esters is 1. The maximum Gasteiger partial charge on any atom is 0.337 e. The Kier molecular flexibility index (Phi) is 8.54. The van der Waals surface area contributed by atoms with Crippen molar-refractivity contribution < 1.29 is 23.8 Å². The molecule has 3 rings (SSSR count). The fourth-order valence-corrected chi connectivity index (χ4v) is 3.50. The van der Waals surface area contributed by atoms with Crippen molar-refractivity contribution in [3.8, 4) is 5.75 Å². The minimum absolute atomic E-state index is 0.111. The Morgan fingerprint density at radius 3 is 2.65 bits per heavy atom. The van der Waals surface area contributed by atoms with E-state index in [2.05, 4.69) is 15.0 Å². The van der Waals surface area contributed by atoms with E-state index in [1.54, 1.807) is 30.3 Å². The summed E-state index contributed by atoms with van der Waals surface area (Å²) in [6.45, 7) is 3.07. The lowest BCUT2D eigenvalue weighted by Gasteiger charge is -2.33. The van der Waals surface area contributed by atoms with Gasteiger partial charge in [0, 0.05) is 26.2 Å². The van der Waals surface area contributed by atoms with E-state index in [1.165, 1.54) is 7.11 Å². The highest BCUT2D eigenvalue weighted by Crippen LogP contribution is 2.23. The van der Waals surface area contributed by atoms with E-state index in [1.807, 2.05) is 12.1 Å². The van der Waals surface area contributed by atoms with Crippen molar-refractivity contribution in [3.63, 3.8) is 0 Å². The molecule has 1 atom stereocenters. The zero-order valence-corrected chi connectivity index (χ0v) is 18.6. The van der Waals surface area contributed by atoms with Gasteiger partial charge in [-0.15, -0.1) is 0 Å². The molecule has 7 nitrogen and oxygen atoms in total. The van der Waals surface area contributed by atoms with Crippen LogP contribution in [0.4, 0.5) is 0 Å². The first-order valence-electron chi connectivity index (χ1n) is 9.80. The summed E-state index contributed by atoms with van der Waals surface area (Å²) in [5.41, 5.74) is 1.49. The summed E-state index contributed by atoms with van der Waals surface area (Å²) in [6.07, 6.45) is -0.111. The molecule has 1 aliphatic heterocycles. The van der Waals surface area contributed by atoms with E-state index in [9.17, 15) is 9.59 Å². The van der Waals surface area contributed by atoms with Gasteiger partial charge in [-0.3, -0.25) is 9.69 Å². The Bertz CT molecular complexity index is 907. The molecule has 0 saturated carbocycles. The summed E-state index contributed by atoms with van der Waals surface area (Å²) < 4.78 is 15.9. The number of halogens is 2. The topological polar surface area (TPSA) is 77.1 Å². The first-order valence-corrected chi connectivity index (χ1v) is 10.6. The summed E-state index contributed by atoms with van der Waals surface area (Å²) in [6, 6.07) is 12.0.